The zero-order valence-corrected chi connectivity index (χ0v) is 23.1. The van der Waals surface area contributed by atoms with E-state index in [1.165, 1.54) is 11.3 Å². The smallest absolute Gasteiger partial charge is 0.185 e. The lowest BCUT2D eigenvalue weighted by molar-refractivity contribution is 0.512. The van der Waals surface area contributed by atoms with Crippen LogP contribution in [0.4, 0.5) is 13.9 Å². The molecule has 0 amide bonds. The average Bonchev–Trinajstić information content (AvgIpc) is 3.23. The van der Waals surface area contributed by atoms with Gasteiger partial charge in [-0.3, -0.25) is 0 Å². The zero-order chi connectivity index (χ0) is 23.9. The molecule has 0 spiro atoms. The number of anilines is 1. The van der Waals surface area contributed by atoms with E-state index in [1.807, 2.05) is 16.3 Å². The van der Waals surface area contributed by atoms with E-state index in [0.29, 0.717) is 29.6 Å². The summed E-state index contributed by atoms with van der Waals surface area (Å²) < 4.78 is 54.3. The van der Waals surface area contributed by atoms with Gasteiger partial charge >= 0.3 is 0 Å². The van der Waals surface area contributed by atoms with E-state index in [9.17, 15) is 17.2 Å². The number of sulfone groups is 1. The zero-order valence-electron chi connectivity index (χ0n) is 16.8. The minimum Gasteiger partial charge on any atom is -0.348 e. The summed E-state index contributed by atoms with van der Waals surface area (Å²) in [5.74, 6) is -1.82. The summed E-state index contributed by atoms with van der Waals surface area (Å²) >= 11 is 19.3. The number of hydrogen-bond acceptors (Lipinski definition) is 5. The van der Waals surface area contributed by atoms with Crippen LogP contribution in [-0.2, 0) is 16.3 Å². The first-order chi connectivity index (χ1) is 15.6. The van der Waals surface area contributed by atoms with Crippen molar-refractivity contribution < 1.29 is 17.2 Å². The quantitative estimate of drug-likeness (QED) is 0.270. The summed E-state index contributed by atoms with van der Waals surface area (Å²) in [6.07, 6.45) is 1.16. The van der Waals surface area contributed by atoms with E-state index in [1.54, 1.807) is 12.1 Å². The summed E-state index contributed by atoms with van der Waals surface area (Å²) in [7, 11) is -4.08. The molecule has 12 heteroatoms. The highest BCUT2D eigenvalue weighted by atomic mass is 79.9. The molecule has 0 atom stereocenters. The van der Waals surface area contributed by atoms with Crippen molar-refractivity contribution in [1.29, 1.82) is 0 Å². The molecule has 1 aliphatic rings. The highest BCUT2D eigenvalue weighted by Gasteiger charge is 2.37. The maximum Gasteiger partial charge on any atom is 0.185 e. The number of piperidine rings is 1. The van der Waals surface area contributed by atoms with Gasteiger partial charge < -0.3 is 4.90 Å². The molecule has 4 nitrogen and oxygen atoms in total. The van der Waals surface area contributed by atoms with Gasteiger partial charge in [-0.05, 0) is 68.5 Å². The van der Waals surface area contributed by atoms with Gasteiger partial charge in [0, 0.05) is 24.9 Å². The van der Waals surface area contributed by atoms with E-state index in [4.69, 9.17) is 23.2 Å². The lowest BCUT2D eigenvalue weighted by Gasteiger charge is -2.31. The van der Waals surface area contributed by atoms with Crippen LogP contribution in [0.25, 0.3) is 0 Å². The number of nitrogens with zero attached hydrogens (tertiary/aromatic N) is 2. The van der Waals surface area contributed by atoms with Crippen molar-refractivity contribution in [2.45, 2.75) is 29.4 Å². The Morgan fingerprint density at radius 2 is 1.82 bits per heavy atom. The summed E-state index contributed by atoms with van der Waals surface area (Å²) in [5.41, 5.74) is 1.86. The number of aromatic nitrogens is 1. The van der Waals surface area contributed by atoms with Crippen LogP contribution in [0.1, 0.15) is 24.1 Å². The molecule has 0 radical (unpaired) electrons. The minimum atomic E-state index is -4.08. The Balaban J connectivity index is 1.46. The summed E-state index contributed by atoms with van der Waals surface area (Å²) in [5, 5.41) is 2.92. The Morgan fingerprint density at radius 3 is 2.48 bits per heavy atom. The van der Waals surface area contributed by atoms with Crippen molar-refractivity contribution in [1.82, 2.24) is 4.98 Å². The molecule has 2 aromatic carbocycles. The van der Waals surface area contributed by atoms with Crippen molar-refractivity contribution in [3.05, 3.63) is 71.5 Å². The Morgan fingerprint density at radius 1 is 1.12 bits per heavy atom. The third-order valence-corrected chi connectivity index (χ3v) is 11.0. The van der Waals surface area contributed by atoms with Crippen LogP contribution < -0.4 is 4.90 Å². The van der Waals surface area contributed by atoms with E-state index in [2.05, 4.69) is 36.8 Å². The van der Waals surface area contributed by atoms with E-state index in [0.717, 1.165) is 22.5 Å². The molecular weight excluding hydrogens is 645 g/mol. The number of thiazole rings is 1. The Kier molecular flexibility index (Phi) is 7.72. The molecule has 176 valence electrons. The Bertz CT molecular complexity index is 1290. The Hall–Kier alpha value is -0.780. The molecular formula is C21H16Br2Cl2F2N2O2S2. The van der Waals surface area contributed by atoms with Crippen molar-refractivity contribution in [2.75, 3.05) is 18.0 Å². The fourth-order valence-electron chi connectivity index (χ4n) is 3.71. The first-order valence-corrected chi connectivity index (χ1v) is 14.5. The highest BCUT2D eigenvalue weighted by Crippen LogP contribution is 2.37. The fraction of sp³-hybridized carbons (Fsp3) is 0.286. The number of halogens is 6. The van der Waals surface area contributed by atoms with Crippen molar-refractivity contribution in [3.8, 4) is 0 Å². The molecule has 0 aliphatic carbocycles. The van der Waals surface area contributed by atoms with Gasteiger partial charge in [-0.2, -0.15) is 0 Å². The molecule has 1 saturated heterocycles. The minimum absolute atomic E-state index is 0.225. The van der Waals surface area contributed by atoms with Crippen LogP contribution in [-0.4, -0.2) is 31.7 Å². The first kappa shape index (κ1) is 25.3. The third-order valence-electron chi connectivity index (χ3n) is 5.42. The van der Waals surface area contributed by atoms with Crippen LogP contribution in [0.2, 0.25) is 10.0 Å². The largest absolute Gasteiger partial charge is 0.348 e. The average molecular weight is 661 g/mol. The second-order valence-corrected chi connectivity index (χ2v) is 13.0. The van der Waals surface area contributed by atoms with Gasteiger partial charge in [0.15, 0.2) is 20.8 Å². The monoisotopic (exact) mass is 658 g/mol. The van der Waals surface area contributed by atoms with Gasteiger partial charge in [-0.15, -0.1) is 11.3 Å². The number of benzene rings is 2. The van der Waals surface area contributed by atoms with Gasteiger partial charge in [0.1, 0.15) is 10.7 Å². The van der Waals surface area contributed by atoms with E-state index >= 15 is 0 Å². The summed E-state index contributed by atoms with van der Waals surface area (Å²) in [4.78, 5) is 6.06. The lowest BCUT2D eigenvalue weighted by atomic mass is 10.1. The summed E-state index contributed by atoms with van der Waals surface area (Å²) in [6, 6.07) is 6.35. The highest BCUT2D eigenvalue weighted by molar-refractivity contribution is 9.11. The third kappa shape index (κ3) is 5.26. The summed E-state index contributed by atoms with van der Waals surface area (Å²) in [6.45, 7) is 0.888. The topological polar surface area (TPSA) is 50.3 Å². The molecule has 2 heterocycles. The van der Waals surface area contributed by atoms with Gasteiger partial charge in [-0.1, -0.05) is 29.3 Å². The van der Waals surface area contributed by atoms with Crippen LogP contribution in [0.5, 0.6) is 0 Å². The van der Waals surface area contributed by atoms with Crippen molar-refractivity contribution in [2.24, 2.45) is 0 Å². The van der Waals surface area contributed by atoms with Crippen molar-refractivity contribution >= 4 is 81.4 Å². The molecule has 33 heavy (non-hydrogen) atoms. The maximum absolute atomic E-state index is 14.6. The maximum atomic E-state index is 14.6. The molecule has 0 saturated carbocycles. The molecule has 0 unspecified atom stereocenters. The SMILES string of the molecule is O=S(=O)(c1c(F)c(Br)cc(F)c1Br)C1CCN(c2nc(Cc3ccc(Cl)c(Cl)c3)cs2)CC1. The van der Waals surface area contributed by atoms with Crippen molar-refractivity contribution in [3.63, 3.8) is 0 Å². The molecule has 3 aromatic rings. The Labute approximate surface area is 221 Å². The van der Waals surface area contributed by atoms with Crippen LogP contribution >= 0.6 is 66.4 Å². The fourth-order valence-corrected chi connectivity index (χ4v) is 8.27. The van der Waals surface area contributed by atoms with Crippen LogP contribution in [0.15, 0.2) is 43.5 Å². The molecule has 1 fully saturated rings. The molecule has 0 N–H and O–H groups in total. The van der Waals surface area contributed by atoms with Gasteiger partial charge in [0.05, 0.1) is 29.9 Å². The predicted molar refractivity (Wildman–Crippen MR) is 136 cm³/mol. The molecule has 0 bridgehead atoms. The molecule has 4 rings (SSSR count). The predicted octanol–water partition coefficient (Wildman–Crippen LogP) is 7.29. The second kappa shape index (κ2) is 10.1. The van der Waals surface area contributed by atoms with Gasteiger partial charge in [-0.25, -0.2) is 22.2 Å². The van der Waals surface area contributed by atoms with E-state index < -0.39 is 31.6 Å². The van der Waals surface area contributed by atoms with Gasteiger partial charge in [0.2, 0.25) is 0 Å². The molecule has 1 aliphatic heterocycles. The van der Waals surface area contributed by atoms with Crippen LogP contribution in [0.3, 0.4) is 0 Å². The number of hydrogen-bond donors (Lipinski definition) is 0. The first-order valence-electron chi connectivity index (χ1n) is 9.78. The number of rotatable bonds is 5. The normalized spacial score (nSPS) is 15.3. The molecule has 1 aromatic heterocycles. The van der Waals surface area contributed by atoms with Gasteiger partial charge in [0.25, 0.3) is 0 Å². The second-order valence-electron chi connectivity index (χ2n) is 7.58. The lowest BCUT2D eigenvalue weighted by Crippen LogP contribution is -2.39. The van der Waals surface area contributed by atoms with E-state index in [-0.39, 0.29) is 21.8 Å². The van der Waals surface area contributed by atoms with Crippen LogP contribution in [0, 0.1) is 11.6 Å². The standard InChI is InChI=1S/C21H16Br2Cl2F2N2O2S2/c22-14-9-17(26)18(23)20(19(14)27)33(30,31)13-3-5-29(6-4-13)21-28-12(10-32-21)7-11-1-2-15(24)16(25)8-11/h1-2,8-10,13H,3-7H2.